The molecule has 0 bridgehead atoms. The molecule has 0 aliphatic heterocycles. The van der Waals surface area contributed by atoms with Crippen molar-refractivity contribution in [3.63, 3.8) is 0 Å². The third kappa shape index (κ3) is 1.46. The molecule has 82 valence electrons. The van der Waals surface area contributed by atoms with Crippen molar-refractivity contribution < 1.29 is 8.78 Å². The Kier molecular flexibility index (Phi) is 2.12. The molecule has 1 aliphatic rings. The van der Waals surface area contributed by atoms with Gasteiger partial charge >= 0.3 is 0 Å². The summed E-state index contributed by atoms with van der Waals surface area (Å²) >= 11 is 0. The molecule has 1 aliphatic carbocycles. The zero-order valence-electron chi connectivity index (χ0n) is 8.98. The van der Waals surface area contributed by atoms with E-state index in [0.29, 0.717) is 0 Å². The van der Waals surface area contributed by atoms with Crippen LogP contribution in [0.2, 0.25) is 0 Å². The topological polar surface area (TPSA) is 26.0 Å². The van der Waals surface area contributed by atoms with Crippen LogP contribution in [-0.2, 0) is 5.41 Å². The summed E-state index contributed by atoms with van der Waals surface area (Å²) in [5.74, 6) is -1.01. The summed E-state index contributed by atoms with van der Waals surface area (Å²) in [6, 6.07) is 3.94. The van der Waals surface area contributed by atoms with Gasteiger partial charge in [-0.2, -0.15) is 0 Å². The van der Waals surface area contributed by atoms with Crippen LogP contribution in [0.25, 0.3) is 0 Å². The number of halogens is 2. The Balaban J connectivity index is 2.53. The zero-order chi connectivity index (χ0) is 11.3. The average Bonchev–Trinajstić information content (AvgIpc) is 2.84. The van der Waals surface area contributed by atoms with Crippen molar-refractivity contribution in [3.05, 3.63) is 35.4 Å². The first-order valence-electron chi connectivity index (χ1n) is 5.12. The van der Waals surface area contributed by atoms with Crippen LogP contribution >= 0.6 is 0 Å². The minimum absolute atomic E-state index is 0.116. The maximum absolute atomic E-state index is 13.6. The first-order valence-corrected chi connectivity index (χ1v) is 5.12. The fraction of sp³-hybridized carbons (Fsp3) is 0.500. The third-order valence-corrected chi connectivity index (χ3v) is 3.62. The standard InChI is InChI=1S/C12H15F2N/c1-11(2,12(15)6-7-12)10-8(13)4-3-5-9(10)14/h3-5H,6-7,15H2,1-2H3. The van der Waals surface area contributed by atoms with Gasteiger partial charge in [0.2, 0.25) is 0 Å². The van der Waals surface area contributed by atoms with Crippen molar-refractivity contribution >= 4 is 0 Å². The third-order valence-electron chi connectivity index (χ3n) is 3.62. The van der Waals surface area contributed by atoms with Gasteiger partial charge in [0.25, 0.3) is 0 Å². The van der Waals surface area contributed by atoms with E-state index in [2.05, 4.69) is 0 Å². The fourth-order valence-corrected chi connectivity index (χ4v) is 2.10. The van der Waals surface area contributed by atoms with Gasteiger partial charge in [-0.15, -0.1) is 0 Å². The highest BCUT2D eigenvalue weighted by Crippen LogP contribution is 2.50. The maximum atomic E-state index is 13.6. The Labute approximate surface area is 88.3 Å². The van der Waals surface area contributed by atoms with Gasteiger partial charge in [-0.3, -0.25) is 0 Å². The van der Waals surface area contributed by atoms with Gasteiger partial charge < -0.3 is 5.73 Å². The molecule has 1 nitrogen and oxygen atoms in total. The van der Waals surface area contributed by atoms with E-state index >= 15 is 0 Å². The van der Waals surface area contributed by atoms with Gasteiger partial charge in [-0.25, -0.2) is 8.78 Å². The number of hydrogen-bond donors (Lipinski definition) is 1. The van der Waals surface area contributed by atoms with Crippen molar-refractivity contribution in [2.75, 3.05) is 0 Å². The van der Waals surface area contributed by atoms with Crippen LogP contribution < -0.4 is 5.73 Å². The molecule has 0 amide bonds. The van der Waals surface area contributed by atoms with E-state index in [1.54, 1.807) is 0 Å². The van der Waals surface area contributed by atoms with E-state index in [4.69, 9.17) is 5.73 Å². The van der Waals surface area contributed by atoms with Gasteiger partial charge in [0.05, 0.1) is 0 Å². The Bertz CT molecular complexity index is 374. The first-order chi connectivity index (χ1) is 6.88. The smallest absolute Gasteiger partial charge is 0.129 e. The van der Waals surface area contributed by atoms with Gasteiger partial charge in [0.15, 0.2) is 0 Å². The normalized spacial score (nSPS) is 19.0. The summed E-state index contributed by atoms with van der Waals surface area (Å²) in [7, 11) is 0. The van der Waals surface area contributed by atoms with Crippen LogP contribution in [0.4, 0.5) is 8.78 Å². The zero-order valence-corrected chi connectivity index (χ0v) is 8.98. The van der Waals surface area contributed by atoms with Gasteiger partial charge in [0.1, 0.15) is 11.6 Å². The Hall–Kier alpha value is -0.960. The Morgan fingerprint density at radius 2 is 1.67 bits per heavy atom. The van der Waals surface area contributed by atoms with E-state index < -0.39 is 22.6 Å². The fourth-order valence-electron chi connectivity index (χ4n) is 2.10. The number of rotatable bonds is 2. The molecular formula is C12H15F2N. The molecule has 1 fully saturated rings. The molecule has 0 spiro atoms. The van der Waals surface area contributed by atoms with Gasteiger partial charge in [-0.1, -0.05) is 19.9 Å². The van der Waals surface area contributed by atoms with Crippen LogP contribution in [0.15, 0.2) is 18.2 Å². The molecule has 2 N–H and O–H groups in total. The molecular weight excluding hydrogens is 196 g/mol. The van der Waals surface area contributed by atoms with E-state index in [0.717, 1.165) is 12.8 Å². The second-order valence-electron chi connectivity index (χ2n) is 4.88. The van der Waals surface area contributed by atoms with E-state index in [1.807, 2.05) is 13.8 Å². The van der Waals surface area contributed by atoms with Crippen molar-refractivity contribution in [2.45, 2.75) is 37.6 Å². The van der Waals surface area contributed by atoms with Crippen molar-refractivity contribution in [3.8, 4) is 0 Å². The van der Waals surface area contributed by atoms with E-state index in [-0.39, 0.29) is 5.56 Å². The maximum Gasteiger partial charge on any atom is 0.129 e. The summed E-state index contributed by atoms with van der Waals surface area (Å²) in [4.78, 5) is 0. The molecule has 0 heterocycles. The molecule has 0 radical (unpaired) electrons. The number of hydrogen-bond acceptors (Lipinski definition) is 1. The molecule has 3 heteroatoms. The highest BCUT2D eigenvalue weighted by atomic mass is 19.1. The van der Waals surface area contributed by atoms with Crippen LogP contribution in [0.5, 0.6) is 0 Å². The van der Waals surface area contributed by atoms with Crippen LogP contribution in [0.1, 0.15) is 32.3 Å². The molecule has 0 saturated heterocycles. The van der Waals surface area contributed by atoms with Crippen molar-refractivity contribution in [1.82, 2.24) is 0 Å². The highest BCUT2D eigenvalue weighted by Gasteiger charge is 2.53. The molecule has 0 atom stereocenters. The lowest BCUT2D eigenvalue weighted by atomic mass is 9.75. The number of nitrogens with two attached hydrogens (primary N) is 1. The van der Waals surface area contributed by atoms with E-state index in [1.165, 1.54) is 18.2 Å². The first kappa shape index (κ1) is 10.6. The van der Waals surface area contributed by atoms with Crippen LogP contribution in [0, 0.1) is 11.6 Å². The van der Waals surface area contributed by atoms with Crippen LogP contribution in [0.3, 0.4) is 0 Å². The predicted molar refractivity (Wildman–Crippen MR) is 55.5 cm³/mol. The van der Waals surface area contributed by atoms with Crippen molar-refractivity contribution in [1.29, 1.82) is 0 Å². The summed E-state index contributed by atoms with van der Waals surface area (Å²) < 4.78 is 27.2. The minimum atomic E-state index is -0.650. The summed E-state index contributed by atoms with van der Waals surface area (Å²) in [6.45, 7) is 3.61. The molecule has 15 heavy (non-hydrogen) atoms. The molecule has 1 saturated carbocycles. The molecule has 1 aromatic carbocycles. The monoisotopic (exact) mass is 211 g/mol. The Morgan fingerprint density at radius 1 is 1.20 bits per heavy atom. The lowest BCUT2D eigenvalue weighted by molar-refractivity contribution is 0.356. The molecule has 0 aromatic heterocycles. The lowest BCUT2D eigenvalue weighted by Crippen LogP contribution is -2.44. The summed E-state index contributed by atoms with van der Waals surface area (Å²) in [5.41, 5.74) is 5.08. The second-order valence-corrected chi connectivity index (χ2v) is 4.88. The molecule has 1 aromatic rings. The second kappa shape index (κ2) is 3.01. The highest BCUT2D eigenvalue weighted by molar-refractivity contribution is 5.34. The predicted octanol–water partition coefficient (Wildman–Crippen LogP) is 2.73. The molecule has 2 rings (SSSR count). The van der Waals surface area contributed by atoms with E-state index in [9.17, 15) is 8.78 Å². The number of benzene rings is 1. The minimum Gasteiger partial charge on any atom is -0.324 e. The lowest BCUT2D eigenvalue weighted by Gasteiger charge is -2.33. The quantitative estimate of drug-likeness (QED) is 0.799. The largest absolute Gasteiger partial charge is 0.324 e. The van der Waals surface area contributed by atoms with Gasteiger partial charge in [-0.05, 0) is 25.0 Å². The molecule has 0 unspecified atom stereocenters. The summed E-state index contributed by atoms with van der Waals surface area (Å²) in [5, 5.41) is 0. The van der Waals surface area contributed by atoms with Crippen LogP contribution in [-0.4, -0.2) is 5.54 Å². The Morgan fingerprint density at radius 3 is 2.07 bits per heavy atom. The SMILES string of the molecule is CC(C)(c1c(F)cccc1F)C1(N)CC1. The summed E-state index contributed by atoms with van der Waals surface area (Å²) in [6.07, 6.45) is 1.65. The average molecular weight is 211 g/mol. The van der Waals surface area contributed by atoms with Gasteiger partial charge in [0, 0.05) is 16.5 Å². The van der Waals surface area contributed by atoms with Crippen molar-refractivity contribution in [2.24, 2.45) is 5.73 Å².